The summed E-state index contributed by atoms with van der Waals surface area (Å²) in [6, 6.07) is 11.1. The second-order valence-corrected chi connectivity index (χ2v) is 3.96. The van der Waals surface area contributed by atoms with Crippen molar-refractivity contribution in [2.45, 2.75) is 0 Å². The molecule has 0 spiro atoms. The van der Waals surface area contributed by atoms with Crippen LogP contribution in [0, 0.1) is 0 Å². The maximum atomic E-state index is 10.4. The first-order valence-corrected chi connectivity index (χ1v) is 6.01. The number of ether oxygens (including phenoxy) is 1. The summed E-state index contributed by atoms with van der Waals surface area (Å²) in [5, 5.41) is 2.99. The van der Waals surface area contributed by atoms with Crippen molar-refractivity contribution in [2.24, 2.45) is 5.73 Å². The molecule has 104 valence electrons. The quantitative estimate of drug-likeness (QED) is 0.705. The normalized spacial score (nSPS) is 10.0. The molecule has 5 N–H and O–H groups in total. The molecule has 2 rings (SSSR count). The zero-order valence-corrected chi connectivity index (χ0v) is 10.7. The van der Waals surface area contributed by atoms with E-state index in [9.17, 15) is 4.79 Å². The molecule has 7 nitrogen and oxygen atoms in total. The van der Waals surface area contributed by atoms with E-state index in [0.717, 1.165) is 5.56 Å². The molecule has 0 unspecified atom stereocenters. The van der Waals surface area contributed by atoms with Crippen molar-refractivity contribution in [3.63, 3.8) is 0 Å². The van der Waals surface area contributed by atoms with Gasteiger partial charge in [0.1, 0.15) is 18.2 Å². The number of amides is 1. The number of rotatable bonds is 5. The van der Waals surface area contributed by atoms with Crippen molar-refractivity contribution >= 4 is 17.7 Å². The number of aromatic nitrogens is 2. The molecule has 1 amide bonds. The van der Waals surface area contributed by atoms with Crippen molar-refractivity contribution in [3.8, 4) is 11.4 Å². The number of hydrogen-bond acceptors (Lipinski definition) is 6. The topological polar surface area (TPSA) is 116 Å². The monoisotopic (exact) mass is 273 g/mol. The summed E-state index contributed by atoms with van der Waals surface area (Å²) in [5.41, 5.74) is 11.5. The number of benzene rings is 1. The van der Waals surface area contributed by atoms with Crippen molar-refractivity contribution in [2.75, 3.05) is 24.2 Å². The zero-order chi connectivity index (χ0) is 14.4. The summed E-state index contributed by atoms with van der Waals surface area (Å²) in [6.07, 6.45) is -0.807. The molecule has 7 heteroatoms. The Labute approximate surface area is 116 Å². The molecule has 0 bridgehead atoms. The number of hydrogen-bond donors (Lipinski definition) is 3. The van der Waals surface area contributed by atoms with Crippen LogP contribution in [0.25, 0.3) is 11.4 Å². The van der Waals surface area contributed by atoms with Gasteiger partial charge >= 0.3 is 6.09 Å². The molecule has 0 aliphatic carbocycles. The van der Waals surface area contributed by atoms with Gasteiger partial charge in [0.25, 0.3) is 0 Å². The number of nitrogens with one attached hydrogen (secondary N) is 1. The Morgan fingerprint density at radius 2 is 2.00 bits per heavy atom. The standard InChI is InChI=1S/C13H15N5O2/c14-10-8-11(16-6-7-20-13(15)19)18-12(17-10)9-4-2-1-3-5-9/h1-5,8H,6-7H2,(H2,15,19)(H3,14,16,17,18). The lowest BCUT2D eigenvalue weighted by Gasteiger charge is -2.08. The van der Waals surface area contributed by atoms with Crippen LogP contribution in [0.1, 0.15) is 0 Å². The van der Waals surface area contributed by atoms with E-state index in [2.05, 4.69) is 20.0 Å². The van der Waals surface area contributed by atoms with Gasteiger partial charge < -0.3 is 21.5 Å². The van der Waals surface area contributed by atoms with Crippen LogP contribution in [0.4, 0.5) is 16.4 Å². The molecule has 0 aliphatic rings. The summed E-state index contributed by atoms with van der Waals surface area (Å²) < 4.78 is 4.61. The predicted molar refractivity (Wildman–Crippen MR) is 75.9 cm³/mol. The molecular formula is C13H15N5O2. The van der Waals surface area contributed by atoms with Crippen LogP contribution in [0.5, 0.6) is 0 Å². The fourth-order valence-corrected chi connectivity index (χ4v) is 1.60. The molecule has 0 saturated carbocycles. The highest BCUT2D eigenvalue weighted by molar-refractivity contribution is 5.64. The zero-order valence-electron chi connectivity index (χ0n) is 10.7. The number of nitrogens with zero attached hydrogens (tertiary/aromatic N) is 2. The third kappa shape index (κ3) is 3.84. The van der Waals surface area contributed by atoms with E-state index in [1.165, 1.54) is 0 Å². The van der Waals surface area contributed by atoms with Crippen molar-refractivity contribution in [3.05, 3.63) is 36.4 Å². The lowest BCUT2D eigenvalue weighted by molar-refractivity contribution is 0.161. The average molecular weight is 273 g/mol. The van der Waals surface area contributed by atoms with E-state index in [1.807, 2.05) is 30.3 Å². The smallest absolute Gasteiger partial charge is 0.404 e. The highest BCUT2D eigenvalue weighted by Gasteiger charge is 2.05. The van der Waals surface area contributed by atoms with Gasteiger partial charge in [0.2, 0.25) is 0 Å². The molecule has 20 heavy (non-hydrogen) atoms. The van der Waals surface area contributed by atoms with Gasteiger partial charge in [0, 0.05) is 11.6 Å². The molecule has 0 atom stereocenters. The number of carbonyl (C=O) groups is 1. The van der Waals surface area contributed by atoms with Crippen LogP contribution in [0.2, 0.25) is 0 Å². The molecule has 1 aromatic carbocycles. The number of primary amides is 1. The average Bonchev–Trinajstić information content (AvgIpc) is 2.44. The highest BCUT2D eigenvalue weighted by Crippen LogP contribution is 2.18. The molecule has 2 aromatic rings. The highest BCUT2D eigenvalue weighted by atomic mass is 16.5. The summed E-state index contributed by atoms with van der Waals surface area (Å²) >= 11 is 0. The second kappa shape index (κ2) is 6.37. The summed E-state index contributed by atoms with van der Waals surface area (Å²) in [7, 11) is 0. The Kier molecular flexibility index (Phi) is 4.33. The third-order valence-corrected chi connectivity index (χ3v) is 2.43. The minimum atomic E-state index is -0.807. The van der Waals surface area contributed by atoms with Crippen molar-refractivity contribution < 1.29 is 9.53 Å². The lowest BCUT2D eigenvalue weighted by atomic mass is 10.2. The van der Waals surface area contributed by atoms with Gasteiger partial charge in [0.05, 0.1) is 6.54 Å². The fraction of sp³-hybridized carbons (Fsp3) is 0.154. The lowest BCUT2D eigenvalue weighted by Crippen LogP contribution is -2.18. The number of nitrogen functional groups attached to an aromatic ring is 1. The van der Waals surface area contributed by atoms with E-state index in [4.69, 9.17) is 11.5 Å². The largest absolute Gasteiger partial charge is 0.448 e. The Hall–Kier alpha value is -2.83. The van der Waals surface area contributed by atoms with Crippen LogP contribution in [0.3, 0.4) is 0 Å². The number of anilines is 2. The third-order valence-electron chi connectivity index (χ3n) is 2.43. The van der Waals surface area contributed by atoms with E-state index in [-0.39, 0.29) is 6.61 Å². The number of carbonyl (C=O) groups excluding carboxylic acids is 1. The summed E-state index contributed by atoms with van der Waals surface area (Å²) in [6.45, 7) is 0.535. The summed E-state index contributed by atoms with van der Waals surface area (Å²) in [5.74, 6) is 1.45. The van der Waals surface area contributed by atoms with Gasteiger partial charge in [-0.1, -0.05) is 30.3 Å². The Morgan fingerprint density at radius 3 is 2.70 bits per heavy atom. The molecule has 0 saturated heterocycles. The van der Waals surface area contributed by atoms with Crippen molar-refractivity contribution in [1.29, 1.82) is 0 Å². The molecule has 1 aromatic heterocycles. The van der Waals surface area contributed by atoms with Crippen molar-refractivity contribution in [1.82, 2.24) is 9.97 Å². The van der Waals surface area contributed by atoms with Gasteiger partial charge in [-0.25, -0.2) is 14.8 Å². The molecule has 0 fully saturated rings. The molecule has 0 aliphatic heterocycles. The van der Waals surface area contributed by atoms with E-state index >= 15 is 0 Å². The van der Waals surface area contributed by atoms with E-state index < -0.39 is 6.09 Å². The van der Waals surface area contributed by atoms with E-state index in [1.54, 1.807) is 6.07 Å². The summed E-state index contributed by atoms with van der Waals surface area (Å²) in [4.78, 5) is 19.0. The van der Waals surface area contributed by atoms with Gasteiger partial charge in [-0.05, 0) is 0 Å². The number of nitrogens with two attached hydrogens (primary N) is 2. The van der Waals surface area contributed by atoms with E-state index in [0.29, 0.717) is 24.0 Å². The van der Waals surface area contributed by atoms with Crippen LogP contribution in [-0.4, -0.2) is 29.2 Å². The predicted octanol–water partition coefficient (Wildman–Crippen LogP) is 1.23. The first kappa shape index (κ1) is 13.6. The first-order chi connectivity index (χ1) is 9.65. The van der Waals surface area contributed by atoms with Gasteiger partial charge in [-0.2, -0.15) is 0 Å². The minimum absolute atomic E-state index is 0.153. The van der Waals surface area contributed by atoms with Crippen LogP contribution in [0.15, 0.2) is 36.4 Å². The maximum Gasteiger partial charge on any atom is 0.404 e. The molecule has 0 radical (unpaired) electrons. The van der Waals surface area contributed by atoms with Gasteiger partial charge in [-0.3, -0.25) is 0 Å². The first-order valence-electron chi connectivity index (χ1n) is 6.01. The Morgan fingerprint density at radius 1 is 1.25 bits per heavy atom. The fourth-order valence-electron chi connectivity index (χ4n) is 1.60. The van der Waals surface area contributed by atoms with Crippen LogP contribution >= 0.6 is 0 Å². The molecule has 1 heterocycles. The SMILES string of the molecule is NC(=O)OCCNc1cc(N)nc(-c2ccccc2)n1. The van der Waals surface area contributed by atoms with Crippen LogP contribution < -0.4 is 16.8 Å². The Bertz CT molecular complexity index is 589. The minimum Gasteiger partial charge on any atom is -0.448 e. The maximum absolute atomic E-state index is 10.4. The van der Waals surface area contributed by atoms with Crippen LogP contribution in [-0.2, 0) is 4.74 Å². The van der Waals surface area contributed by atoms with Gasteiger partial charge in [-0.15, -0.1) is 0 Å². The second-order valence-electron chi connectivity index (χ2n) is 3.96. The Balaban J connectivity index is 2.07. The van der Waals surface area contributed by atoms with Gasteiger partial charge in [0.15, 0.2) is 5.82 Å². The molecular weight excluding hydrogens is 258 g/mol.